The van der Waals surface area contributed by atoms with Gasteiger partial charge in [0, 0.05) is 0 Å². The van der Waals surface area contributed by atoms with Crippen molar-refractivity contribution >= 4 is 12.4 Å². The van der Waals surface area contributed by atoms with E-state index in [-0.39, 0.29) is 13.0 Å². The van der Waals surface area contributed by atoms with Crippen molar-refractivity contribution in [1.82, 2.24) is 5.43 Å². The van der Waals surface area contributed by atoms with Crippen molar-refractivity contribution in [3.63, 3.8) is 0 Å². The van der Waals surface area contributed by atoms with E-state index in [2.05, 4.69) is 4.74 Å². The largest absolute Gasteiger partial charge is 0.394 e. The van der Waals surface area contributed by atoms with Gasteiger partial charge >= 0.3 is 12.4 Å². The number of nitrogens with two attached hydrogens (primary N) is 1. The molecular weight excluding hydrogens is 112 g/mol. The molecular formula is C3H6N2O3. The summed E-state index contributed by atoms with van der Waals surface area (Å²) in [7, 11) is 0. The minimum atomic E-state index is -0.692. The van der Waals surface area contributed by atoms with E-state index in [4.69, 9.17) is 5.84 Å². The third-order valence-electron chi connectivity index (χ3n) is 0.426. The van der Waals surface area contributed by atoms with Crippen LogP contribution in [0.3, 0.4) is 0 Å². The third kappa shape index (κ3) is 3.26. The van der Waals surface area contributed by atoms with Crippen LogP contribution in [0.2, 0.25) is 0 Å². The Labute approximate surface area is 45.8 Å². The fraction of sp³-hybridized carbons (Fsp3) is 0.333. The number of ether oxygens (including phenoxy) is 1. The second-order valence-electron chi connectivity index (χ2n) is 0.967. The second kappa shape index (κ2) is 4.23. The smallest absolute Gasteiger partial charge is 0.328 e. The highest BCUT2D eigenvalue weighted by atomic mass is 16.6. The molecule has 0 spiro atoms. The molecule has 0 bridgehead atoms. The quantitative estimate of drug-likeness (QED) is 0.149. The number of carbonyl (C=O) groups is 2. The first-order chi connectivity index (χ1) is 3.81. The van der Waals surface area contributed by atoms with E-state index in [0.29, 0.717) is 0 Å². The van der Waals surface area contributed by atoms with Crippen molar-refractivity contribution in [2.45, 2.75) is 0 Å². The van der Waals surface area contributed by atoms with Gasteiger partial charge in [-0.15, -0.1) is 0 Å². The minimum Gasteiger partial charge on any atom is -0.394 e. The van der Waals surface area contributed by atoms with Crippen molar-refractivity contribution in [2.75, 3.05) is 6.54 Å². The fourth-order valence-electron chi connectivity index (χ4n) is 0.179. The van der Waals surface area contributed by atoms with Gasteiger partial charge in [0.1, 0.15) is 6.54 Å². The van der Waals surface area contributed by atoms with E-state index in [1.165, 1.54) is 0 Å². The van der Waals surface area contributed by atoms with Crippen molar-refractivity contribution in [3.05, 3.63) is 0 Å². The van der Waals surface area contributed by atoms with Gasteiger partial charge in [0.15, 0.2) is 0 Å². The fourth-order valence-corrected chi connectivity index (χ4v) is 0.179. The first kappa shape index (κ1) is 7.06. The number of carbonyl (C=O) groups excluding carboxylic acids is 2. The zero-order valence-corrected chi connectivity index (χ0v) is 4.09. The minimum absolute atomic E-state index is 0.0552. The van der Waals surface area contributed by atoms with E-state index in [9.17, 15) is 9.59 Å². The zero-order chi connectivity index (χ0) is 6.41. The van der Waals surface area contributed by atoms with Gasteiger partial charge in [-0.2, -0.15) is 0 Å². The predicted octanol–water partition coefficient (Wildman–Crippen LogP) is -1.85. The molecule has 0 aliphatic heterocycles. The molecule has 5 nitrogen and oxygen atoms in total. The predicted molar refractivity (Wildman–Crippen MR) is 24.3 cm³/mol. The zero-order valence-electron chi connectivity index (χ0n) is 4.09. The van der Waals surface area contributed by atoms with Gasteiger partial charge in [-0.05, 0) is 0 Å². The van der Waals surface area contributed by atoms with Crippen LogP contribution in [0.15, 0.2) is 0 Å². The van der Waals surface area contributed by atoms with Gasteiger partial charge in [-0.1, -0.05) is 0 Å². The molecule has 0 aliphatic carbocycles. The van der Waals surface area contributed by atoms with E-state index >= 15 is 0 Å². The van der Waals surface area contributed by atoms with Crippen LogP contribution in [0.4, 0.5) is 0 Å². The van der Waals surface area contributed by atoms with E-state index in [1.807, 2.05) is 5.43 Å². The highest BCUT2D eigenvalue weighted by Crippen LogP contribution is 1.65. The second-order valence-corrected chi connectivity index (χ2v) is 0.967. The summed E-state index contributed by atoms with van der Waals surface area (Å²) in [5.41, 5.74) is 2.02. The molecule has 0 aromatic carbocycles. The Kier molecular flexibility index (Phi) is 3.73. The first-order valence-corrected chi connectivity index (χ1v) is 1.88. The van der Waals surface area contributed by atoms with Crippen LogP contribution in [0.1, 0.15) is 0 Å². The molecule has 3 N–H and O–H groups in total. The Morgan fingerprint density at radius 2 is 2.50 bits per heavy atom. The molecule has 0 fully saturated rings. The van der Waals surface area contributed by atoms with Crippen molar-refractivity contribution in [2.24, 2.45) is 5.84 Å². The number of nitrogens with one attached hydrogen (secondary N) is 1. The molecule has 5 heteroatoms. The SMILES string of the molecule is NNCC(=O)OC=O. The molecule has 0 radical (unpaired) electrons. The van der Waals surface area contributed by atoms with Crippen LogP contribution in [-0.4, -0.2) is 19.0 Å². The summed E-state index contributed by atoms with van der Waals surface area (Å²) in [5, 5.41) is 0. The van der Waals surface area contributed by atoms with Crippen LogP contribution < -0.4 is 11.3 Å². The Morgan fingerprint density at radius 3 is 2.88 bits per heavy atom. The monoisotopic (exact) mass is 118 g/mol. The summed E-state index contributed by atoms with van der Waals surface area (Å²) in [4.78, 5) is 19.4. The Bertz CT molecular complexity index is 92.5. The van der Waals surface area contributed by atoms with Crippen LogP contribution in [0, 0.1) is 0 Å². The van der Waals surface area contributed by atoms with Gasteiger partial charge in [-0.3, -0.25) is 15.4 Å². The third-order valence-corrected chi connectivity index (χ3v) is 0.426. The lowest BCUT2D eigenvalue weighted by molar-refractivity contribution is -0.150. The van der Waals surface area contributed by atoms with Crippen molar-refractivity contribution in [3.8, 4) is 0 Å². The normalized spacial score (nSPS) is 8.12. The molecule has 46 valence electrons. The lowest BCUT2D eigenvalue weighted by Crippen LogP contribution is -2.29. The van der Waals surface area contributed by atoms with Crippen molar-refractivity contribution in [1.29, 1.82) is 0 Å². The number of rotatable bonds is 3. The summed E-state index contributed by atoms with van der Waals surface area (Å²) in [6.07, 6.45) is 0. The lowest BCUT2D eigenvalue weighted by atomic mass is 10.7. The molecule has 0 saturated carbocycles. The number of hydrogen-bond donors (Lipinski definition) is 2. The number of hydrogen-bond acceptors (Lipinski definition) is 5. The molecule has 0 aliphatic rings. The highest BCUT2D eigenvalue weighted by Gasteiger charge is 1.95. The summed E-state index contributed by atoms with van der Waals surface area (Å²) in [6.45, 7) is -0.0988. The average molecular weight is 118 g/mol. The molecule has 8 heavy (non-hydrogen) atoms. The Morgan fingerprint density at radius 1 is 1.88 bits per heavy atom. The van der Waals surface area contributed by atoms with E-state index in [0.717, 1.165) is 0 Å². The van der Waals surface area contributed by atoms with Crippen LogP contribution in [0.25, 0.3) is 0 Å². The Hall–Kier alpha value is -0.940. The van der Waals surface area contributed by atoms with Gasteiger partial charge in [0.05, 0.1) is 0 Å². The topological polar surface area (TPSA) is 81.4 Å². The average Bonchev–Trinajstić information content (AvgIpc) is 1.68. The molecule has 0 aromatic rings. The maximum absolute atomic E-state index is 10.0. The van der Waals surface area contributed by atoms with Crippen LogP contribution in [0.5, 0.6) is 0 Å². The summed E-state index contributed by atoms with van der Waals surface area (Å²) in [5.74, 6) is 4.00. The summed E-state index contributed by atoms with van der Waals surface area (Å²) in [6, 6.07) is 0. The van der Waals surface area contributed by atoms with Gasteiger partial charge in [0.25, 0.3) is 0 Å². The van der Waals surface area contributed by atoms with E-state index < -0.39 is 5.97 Å². The lowest BCUT2D eigenvalue weighted by Gasteiger charge is -1.91. The summed E-state index contributed by atoms with van der Waals surface area (Å²) < 4.78 is 3.82. The molecule has 0 rings (SSSR count). The molecule has 0 atom stereocenters. The van der Waals surface area contributed by atoms with E-state index in [1.54, 1.807) is 0 Å². The number of esters is 1. The Balaban J connectivity index is 3.18. The standard InChI is InChI=1S/C3H6N2O3/c4-5-1-3(7)8-2-6/h2,5H,1,4H2. The van der Waals surface area contributed by atoms with Crippen molar-refractivity contribution < 1.29 is 14.3 Å². The summed E-state index contributed by atoms with van der Waals surface area (Å²) >= 11 is 0. The van der Waals surface area contributed by atoms with Gasteiger partial charge in [-0.25, -0.2) is 5.43 Å². The molecule has 0 saturated heterocycles. The van der Waals surface area contributed by atoms with Gasteiger partial charge in [0.2, 0.25) is 0 Å². The van der Waals surface area contributed by atoms with Gasteiger partial charge < -0.3 is 4.74 Å². The van der Waals surface area contributed by atoms with Crippen LogP contribution in [-0.2, 0) is 14.3 Å². The molecule has 0 amide bonds. The number of hydrazine groups is 1. The molecule has 0 heterocycles. The first-order valence-electron chi connectivity index (χ1n) is 1.88. The van der Waals surface area contributed by atoms with Crippen LogP contribution >= 0.6 is 0 Å². The molecule has 0 aromatic heterocycles. The maximum Gasteiger partial charge on any atom is 0.328 e. The highest BCUT2D eigenvalue weighted by molar-refractivity contribution is 5.77. The molecule has 0 unspecified atom stereocenters. The maximum atomic E-state index is 10.0.